The number of aryl methyl sites for hydroxylation is 2. The molecule has 22 heavy (non-hydrogen) atoms. The molecule has 2 aromatic rings. The Hall–Kier alpha value is -1.69. The molecule has 0 aliphatic rings. The lowest BCUT2D eigenvalue weighted by molar-refractivity contribution is -0.148. The molecule has 6 heteroatoms. The van der Waals surface area contributed by atoms with E-state index in [0.29, 0.717) is 24.2 Å². The van der Waals surface area contributed by atoms with E-state index in [2.05, 4.69) is 4.98 Å². The molecular weight excluding hydrogens is 300 g/mol. The van der Waals surface area contributed by atoms with E-state index in [1.807, 2.05) is 26.8 Å². The second-order valence-corrected chi connectivity index (χ2v) is 6.33. The van der Waals surface area contributed by atoms with Crippen LogP contribution in [0.1, 0.15) is 50.4 Å². The monoisotopic (exact) mass is 322 g/mol. The summed E-state index contributed by atoms with van der Waals surface area (Å²) in [7, 11) is 0. The van der Waals surface area contributed by atoms with Gasteiger partial charge in [-0.25, -0.2) is 9.78 Å². The number of thiophene rings is 1. The van der Waals surface area contributed by atoms with Crippen LogP contribution in [0, 0.1) is 6.92 Å². The lowest BCUT2D eigenvalue weighted by Crippen LogP contribution is -2.33. The number of carbonyl (C=O) groups is 1. The Kier molecular flexibility index (Phi) is 5.34. The fraction of sp³-hybridized carbons (Fsp3) is 0.562. The Morgan fingerprint density at radius 1 is 1.41 bits per heavy atom. The van der Waals surface area contributed by atoms with Crippen LogP contribution in [0.25, 0.3) is 10.2 Å². The second-order valence-electron chi connectivity index (χ2n) is 5.21. The zero-order valence-electron chi connectivity index (χ0n) is 13.5. The van der Waals surface area contributed by atoms with Crippen LogP contribution in [0.5, 0.6) is 0 Å². The molecule has 120 valence electrons. The van der Waals surface area contributed by atoms with E-state index >= 15 is 0 Å². The molecule has 0 saturated heterocycles. The number of esters is 1. The number of nitrogens with zero attached hydrogens (tertiary/aromatic N) is 2. The minimum Gasteiger partial charge on any atom is -0.464 e. The molecule has 0 spiro atoms. The Labute approximate surface area is 133 Å². The average Bonchev–Trinajstić information content (AvgIpc) is 2.92. The maximum absolute atomic E-state index is 12.8. The Balaban J connectivity index is 2.53. The van der Waals surface area contributed by atoms with Gasteiger partial charge in [-0.1, -0.05) is 20.8 Å². The summed E-state index contributed by atoms with van der Waals surface area (Å²) in [6.45, 7) is 8.00. The van der Waals surface area contributed by atoms with Crippen LogP contribution in [0.3, 0.4) is 0 Å². The molecule has 0 saturated carbocycles. The highest BCUT2D eigenvalue weighted by atomic mass is 32.1. The lowest BCUT2D eigenvalue weighted by atomic mass is 10.2. The molecule has 5 nitrogen and oxygen atoms in total. The number of aromatic nitrogens is 2. The zero-order valence-corrected chi connectivity index (χ0v) is 14.3. The standard InChI is InChI=1S/C16H22N2O3S/c1-5-8-21-16(20)13(7-3)18-10(4)17-14-12(15(18)19)9-11(6-2)22-14/h9,13H,5-8H2,1-4H3. The van der Waals surface area contributed by atoms with Crippen molar-refractivity contribution in [3.63, 3.8) is 0 Å². The molecule has 2 rings (SSSR count). The number of hydrogen-bond acceptors (Lipinski definition) is 5. The highest BCUT2D eigenvalue weighted by Gasteiger charge is 2.24. The predicted octanol–water partition coefficient (Wildman–Crippen LogP) is 3.23. The van der Waals surface area contributed by atoms with Gasteiger partial charge in [-0.3, -0.25) is 9.36 Å². The van der Waals surface area contributed by atoms with Crippen molar-refractivity contribution >= 4 is 27.5 Å². The van der Waals surface area contributed by atoms with Crippen molar-refractivity contribution in [1.29, 1.82) is 0 Å². The first kappa shape index (κ1) is 16.7. The van der Waals surface area contributed by atoms with E-state index in [9.17, 15) is 9.59 Å². The molecule has 1 unspecified atom stereocenters. The van der Waals surface area contributed by atoms with Crippen LogP contribution < -0.4 is 5.56 Å². The molecule has 0 amide bonds. The largest absolute Gasteiger partial charge is 0.464 e. The molecular formula is C16H22N2O3S. The summed E-state index contributed by atoms with van der Waals surface area (Å²) in [5, 5.41) is 0.592. The molecule has 0 aromatic carbocycles. The van der Waals surface area contributed by atoms with Crippen molar-refractivity contribution in [1.82, 2.24) is 9.55 Å². The van der Waals surface area contributed by atoms with Crippen molar-refractivity contribution in [2.75, 3.05) is 6.61 Å². The molecule has 2 aromatic heterocycles. The number of hydrogen-bond donors (Lipinski definition) is 0. The van der Waals surface area contributed by atoms with Crippen molar-refractivity contribution in [2.24, 2.45) is 0 Å². The van der Waals surface area contributed by atoms with E-state index in [1.54, 1.807) is 6.92 Å². The summed E-state index contributed by atoms with van der Waals surface area (Å²) in [4.78, 5) is 31.4. The van der Waals surface area contributed by atoms with Crippen molar-refractivity contribution < 1.29 is 9.53 Å². The van der Waals surface area contributed by atoms with Gasteiger partial charge in [0, 0.05) is 4.88 Å². The summed E-state index contributed by atoms with van der Waals surface area (Å²) >= 11 is 1.54. The SMILES string of the molecule is CCCOC(=O)C(CC)n1c(C)nc2sc(CC)cc2c1=O. The molecule has 0 aliphatic carbocycles. The first-order valence-electron chi connectivity index (χ1n) is 7.71. The highest BCUT2D eigenvalue weighted by molar-refractivity contribution is 7.18. The molecule has 0 radical (unpaired) electrons. The first-order chi connectivity index (χ1) is 10.5. The molecule has 0 N–H and O–H groups in total. The lowest BCUT2D eigenvalue weighted by Gasteiger charge is -2.18. The van der Waals surface area contributed by atoms with E-state index in [-0.39, 0.29) is 11.5 Å². The van der Waals surface area contributed by atoms with Gasteiger partial charge in [-0.15, -0.1) is 11.3 Å². The van der Waals surface area contributed by atoms with Gasteiger partial charge < -0.3 is 4.74 Å². The third-order valence-electron chi connectivity index (χ3n) is 3.59. The van der Waals surface area contributed by atoms with Gasteiger partial charge in [-0.2, -0.15) is 0 Å². The van der Waals surface area contributed by atoms with E-state index in [1.165, 1.54) is 15.9 Å². The molecule has 0 bridgehead atoms. The fourth-order valence-corrected chi connectivity index (χ4v) is 3.44. The summed E-state index contributed by atoms with van der Waals surface area (Å²) in [6.07, 6.45) is 2.13. The second kappa shape index (κ2) is 7.05. The average molecular weight is 322 g/mol. The number of ether oxygens (including phenoxy) is 1. The normalized spacial score (nSPS) is 12.5. The smallest absolute Gasteiger partial charge is 0.329 e. The summed E-state index contributed by atoms with van der Waals surface area (Å²) in [5.41, 5.74) is -0.154. The topological polar surface area (TPSA) is 61.2 Å². The minimum atomic E-state index is -0.610. The van der Waals surface area contributed by atoms with E-state index in [0.717, 1.165) is 22.5 Å². The van der Waals surface area contributed by atoms with Gasteiger partial charge in [0.1, 0.15) is 16.7 Å². The van der Waals surface area contributed by atoms with E-state index < -0.39 is 6.04 Å². The summed E-state index contributed by atoms with van der Waals surface area (Å²) in [6, 6.07) is 1.27. The quantitative estimate of drug-likeness (QED) is 0.766. The van der Waals surface area contributed by atoms with Gasteiger partial charge in [-0.05, 0) is 32.3 Å². The molecule has 0 aliphatic heterocycles. The van der Waals surface area contributed by atoms with Crippen LogP contribution in [0.2, 0.25) is 0 Å². The molecule has 2 heterocycles. The molecule has 1 atom stereocenters. The van der Waals surface area contributed by atoms with Crippen molar-refractivity contribution in [3.05, 3.63) is 27.1 Å². The van der Waals surface area contributed by atoms with Crippen LogP contribution >= 0.6 is 11.3 Å². The third kappa shape index (κ3) is 3.06. The van der Waals surface area contributed by atoms with Crippen molar-refractivity contribution in [2.45, 2.75) is 53.0 Å². The minimum absolute atomic E-state index is 0.154. The number of fused-ring (bicyclic) bond motifs is 1. The third-order valence-corrected chi connectivity index (χ3v) is 4.77. The van der Waals surface area contributed by atoms with E-state index in [4.69, 9.17) is 4.74 Å². The van der Waals surface area contributed by atoms with Crippen LogP contribution in [0.4, 0.5) is 0 Å². The maximum Gasteiger partial charge on any atom is 0.329 e. The first-order valence-corrected chi connectivity index (χ1v) is 8.53. The van der Waals surface area contributed by atoms with Gasteiger partial charge in [0.05, 0.1) is 12.0 Å². The predicted molar refractivity (Wildman–Crippen MR) is 88.6 cm³/mol. The summed E-state index contributed by atoms with van der Waals surface area (Å²) in [5.74, 6) is 0.198. The van der Waals surface area contributed by atoms with Gasteiger partial charge in [0.25, 0.3) is 5.56 Å². The van der Waals surface area contributed by atoms with Crippen LogP contribution in [-0.4, -0.2) is 22.1 Å². The van der Waals surface area contributed by atoms with Gasteiger partial charge in [0.15, 0.2) is 0 Å². The fourth-order valence-electron chi connectivity index (χ4n) is 2.44. The Morgan fingerprint density at radius 3 is 2.73 bits per heavy atom. The van der Waals surface area contributed by atoms with Gasteiger partial charge >= 0.3 is 5.97 Å². The molecule has 0 fully saturated rings. The van der Waals surface area contributed by atoms with Gasteiger partial charge in [0.2, 0.25) is 0 Å². The maximum atomic E-state index is 12.8. The van der Waals surface area contributed by atoms with Crippen molar-refractivity contribution in [3.8, 4) is 0 Å². The summed E-state index contributed by atoms with van der Waals surface area (Å²) < 4.78 is 6.70. The van der Waals surface area contributed by atoms with Crippen LogP contribution in [-0.2, 0) is 16.0 Å². The number of rotatable bonds is 6. The number of carbonyl (C=O) groups excluding carboxylic acids is 1. The zero-order chi connectivity index (χ0) is 16.3. The van der Waals surface area contributed by atoms with Crippen LogP contribution in [0.15, 0.2) is 10.9 Å². The Morgan fingerprint density at radius 2 is 2.14 bits per heavy atom. The highest BCUT2D eigenvalue weighted by Crippen LogP contribution is 2.23. The Bertz CT molecular complexity index is 733.